The quantitative estimate of drug-likeness (QED) is 0.833. The Labute approximate surface area is 120 Å². The van der Waals surface area contributed by atoms with Gasteiger partial charge in [0.1, 0.15) is 17.4 Å². The lowest BCUT2D eigenvalue weighted by molar-refractivity contribution is -0.136. The third kappa shape index (κ3) is 2.26. The first-order valence-electron chi connectivity index (χ1n) is 5.78. The van der Waals surface area contributed by atoms with Gasteiger partial charge in [0.2, 0.25) is 5.88 Å². The number of rotatable bonds is 2. The van der Waals surface area contributed by atoms with E-state index >= 15 is 0 Å². The Kier molecular flexibility index (Phi) is 3.77. The van der Waals surface area contributed by atoms with Crippen LogP contribution in [-0.2, 0) is 14.3 Å². The Morgan fingerprint density at radius 2 is 2.30 bits per heavy atom. The van der Waals surface area contributed by atoms with E-state index in [0.717, 1.165) is 5.01 Å². The number of methoxy groups -OCH3 is 1. The fraction of sp³-hybridized carbons (Fsp3) is 0.308. The maximum Gasteiger partial charge on any atom is 0.338 e. The molecule has 1 aromatic heterocycles. The summed E-state index contributed by atoms with van der Waals surface area (Å²) < 4.78 is 10.0. The van der Waals surface area contributed by atoms with E-state index in [2.05, 4.69) is 4.98 Å². The fourth-order valence-corrected chi connectivity index (χ4v) is 2.70. The molecule has 7 heteroatoms. The zero-order chi connectivity index (χ0) is 14.9. The molecule has 0 aliphatic carbocycles. The summed E-state index contributed by atoms with van der Waals surface area (Å²) in [6.45, 7) is 3.46. The predicted octanol–water partition coefficient (Wildman–Crippen LogP) is 1.71. The van der Waals surface area contributed by atoms with Crippen molar-refractivity contribution in [2.45, 2.75) is 19.8 Å². The summed E-state index contributed by atoms with van der Waals surface area (Å²) in [5.41, 5.74) is 6.76. The number of aryl methyl sites for hydroxylation is 1. The van der Waals surface area contributed by atoms with Crippen molar-refractivity contribution in [3.63, 3.8) is 0 Å². The van der Waals surface area contributed by atoms with Crippen LogP contribution in [0.5, 0.6) is 0 Å². The largest absolute Gasteiger partial charge is 0.466 e. The molecule has 6 nitrogen and oxygen atoms in total. The van der Waals surface area contributed by atoms with Gasteiger partial charge in [0.05, 0.1) is 29.3 Å². The number of allylic oxidation sites excluding steroid dienone is 2. The van der Waals surface area contributed by atoms with Crippen LogP contribution < -0.4 is 5.73 Å². The van der Waals surface area contributed by atoms with Gasteiger partial charge < -0.3 is 15.2 Å². The highest BCUT2D eigenvalue weighted by atomic mass is 32.1. The molecule has 2 N–H and O–H groups in total. The molecular formula is C13H13N3O3S. The van der Waals surface area contributed by atoms with Crippen LogP contribution in [0.3, 0.4) is 0 Å². The smallest absolute Gasteiger partial charge is 0.338 e. The Balaban J connectivity index is 2.62. The van der Waals surface area contributed by atoms with E-state index in [4.69, 9.17) is 15.2 Å². The second-order valence-corrected chi connectivity index (χ2v) is 5.24. The molecule has 0 bridgehead atoms. The minimum absolute atomic E-state index is 0.00620. The monoisotopic (exact) mass is 291 g/mol. The van der Waals surface area contributed by atoms with Crippen LogP contribution in [-0.4, -0.2) is 18.1 Å². The van der Waals surface area contributed by atoms with Crippen molar-refractivity contribution in [1.29, 1.82) is 5.26 Å². The van der Waals surface area contributed by atoms with Crippen LogP contribution in [0.1, 0.15) is 23.5 Å². The summed E-state index contributed by atoms with van der Waals surface area (Å²) in [6.07, 6.45) is 0. The number of nitrogens with two attached hydrogens (primary N) is 1. The molecule has 0 radical (unpaired) electrons. The van der Waals surface area contributed by atoms with Crippen LogP contribution in [0.25, 0.3) is 0 Å². The average Bonchev–Trinajstić information content (AvgIpc) is 2.83. The minimum atomic E-state index is -0.647. The molecule has 0 fully saturated rings. The summed E-state index contributed by atoms with van der Waals surface area (Å²) in [5, 5.41) is 11.9. The Morgan fingerprint density at radius 1 is 1.60 bits per heavy atom. The number of aromatic nitrogens is 1. The number of esters is 1. The van der Waals surface area contributed by atoms with E-state index in [1.807, 2.05) is 13.0 Å². The second-order valence-electron chi connectivity index (χ2n) is 4.18. The van der Waals surface area contributed by atoms with Crippen LogP contribution in [0.2, 0.25) is 0 Å². The van der Waals surface area contributed by atoms with Crippen molar-refractivity contribution >= 4 is 17.3 Å². The van der Waals surface area contributed by atoms with Crippen LogP contribution in [0.15, 0.2) is 28.2 Å². The lowest BCUT2D eigenvalue weighted by Gasteiger charge is -2.25. The number of nitriles is 1. The lowest BCUT2D eigenvalue weighted by Crippen LogP contribution is -2.25. The highest BCUT2D eigenvalue weighted by Crippen LogP contribution is 2.39. The van der Waals surface area contributed by atoms with Gasteiger partial charge in [-0.25, -0.2) is 9.78 Å². The molecule has 20 heavy (non-hydrogen) atoms. The van der Waals surface area contributed by atoms with Crippen molar-refractivity contribution in [3.05, 3.63) is 38.9 Å². The van der Waals surface area contributed by atoms with Gasteiger partial charge in [0.25, 0.3) is 0 Å². The standard InChI is InChI=1S/C13H13N3O3S/c1-6-10(13(17)18-3)11(8(4-14)12(15)19-6)9-5-20-7(2)16-9/h5,11H,15H2,1-3H3. The summed E-state index contributed by atoms with van der Waals surface area (Å²) >= 11 is 1.43. The number of nitrogens with zero attached hydrogens (tertiary/aromatic N) is 2. The van der Waals surface area contributed by atoms with Gasteiger partial charge in [-0.05, 0) is 13.8 Å². The maximum atomic E-state index is 12.0. The number of carbonyl (C=O) groups is 1. The molecule has 0 aromatic carbocycles. The van der Waals surface area contributed by atoms with Gasteiger partial charge in [-0.1, -0.05) is 0 Å². The highest BCUT2D eigenvalue weighted by Gasteiger charge is 2.37. The van der Waals surface area contributed by atoms with Crippen molar-refractivity contribution in [2.24, 2.45) is 5.73 Å². The van der Waals surface area contributed by atoms with Crippen LogP contribution >= 0.6 is 11.3 Å². The zero-order valence-electron chi connectivity index (χ0n) is 11.3. The van der Waals surface area contributed by atoms with Gasteiger partial charge in [0, 0.05) is 5.38 Å². The number of ether oxygens (including phenoxy) is 2. The van der Waals surface area contributed by atoms with Crippen molar-refractivity contribution in [2.75, 3.05) is 7.11 Å². The molecule has 0 amide bonds. The molecule has 2 heterocycles. The van der Waals surface area contributed by atoms with E-state index in [-0.39, 0.29) is 17.0 Å². The molecule has 0 saturated heterocycles. The van der Waals surface area contributed by atoms with Gasteiger partial charge in [0.15, 0.2) is 0 Å². The van der Waals surface area contributed by atoms with Gasteiger partial charge >= 0.3 is 5.97 Å². The minimum Gasteiger partial charge on any atom is -0.466 e. The molecule has 0 saturated carbocycles. The Hall–Kier alpha value is -2.33. The van der Waals surface area contributed by atoms with Gasteiger partial charge in [-0.3, -0.25) is 0 Å². The number of hydrogen-bond acceptors (Lipinski definition) is 7. The van der Waals surface area contributed by atoms with Crippen molar-refractivity contribution in [3.8, 4) is 6.07 Å². The molecule has 1 unspecified atom stereocenters. The topological polar surface area (TPSA) is 98.2 Å². The third-order valence-corrected chi connectivity index (χ3v) is 3.74. The second kappa shape index (κ2) is 5.35. The summed E-state index contributed by atoms with van der Waals surface area (Å²) in [5.74, 6) is -0.887. The molecule has 1 aliphatic heterocycles. The van der Waals surface area contributed by atoms with E-state index < -0.39 is 11.9 Å². The molecule has 104 valence electrons. The van der Waals surface area contributed by atoms with Crippen molar-refractivity contribution in [1.82, 2.24) is 4.98 Å². The number of hydrogen-bond donors (Lipinski definition) is 1. The SMILES string of the molecule is COC(=O)C1=C(C)OC(N)=C(C#N)C1c1csc(C)n1. The first-order valence-corrected chi connectivity index (χ1v) is 6.66. The first kappa shape index (κ1) is 14.1. The zero-order valence-corrected chi connectivity index (χ0v) is 12.1. The van der Waals surface area contributed by atoms with Crippen molar-refractivity contribution < 1.29 is 14.3 Å². The maximum absolute atomic E-state index is 12.0. The molecule has 2 rings (SSSR count). The van der Waals surface area contributed by atoms with Crippen LogP contribution in [0, 0.1) is 18.3 Å². The van der Waals surface area contributed by atoms with E-state index in [0.29, 0.717) is 11.5 Å². The van der Waals surface area contributed by atoms with E-state index in [9.17, 15) is 10.1 Å². The first-order chi connectivity index (χ1) is 9.49. The molecule has 1 aromatic rings. The highest BCUT2D eigenvalue weighted by molar-refractivity contribution is 7.09. The lowest BCUT2D eigenvalue weighted by atomic mass is 9.87. The van der Waals surface area contributed by atoms with Crippen LogP contribution in [0.4, 0.5) is 0 Å². The Bertz CT molecular complexity index is 667. The summed E-state index contributed by atoms with van der Waals surface area (Å²) in [7, 11) is 1.28. The molecular weight excluding hydrogens is 278 g/mol. The molecule has 0 spiro atoms. The Morgan fingerprint density at radius 3 is 2.80 bits per heavy atom. The van der Waals surface area contributed by atoms with E-state index in [1.165, 1.54) is 18.4 Å². The van der Waals surface area contributed by atoms with Gasteiger partial charge in [-0.15, -0.1) is 11.3 Å². The molecule has 1 atom stereocenters. The van der Waals surface area contributed by atoms with Gasteiger partial charge in [-0.2, -0.15) is 5.26 Å². The van der Waals surface area contributed by atoms with E-state index in [1.54, 1.807) is 12.3 Å². The summed E-state index contributed by atoms with van der Waals surface area (Å²) in [6, 6.07) is 1.99. The normalized spacial score (nSPS) is 18.6. The number of carbonyl (C=O) groups excluding carboxylic acids is 1. The fourth-order valence-electron chi connectivity index (χ4n) is 2.06. The third-order valence-electron chi connectivity index (χ3n) is 2.94. The molecule has 1 aliphatic rings. The average molecular weight is 291 g/mol. The predicted molar refractivity (Wildman–Crippen MR) is 72.2 cm³/mol. The number of thiazole rings is 1. The summed E-state index contributed by atoms with van der Waals surface area (Å²) in [4.78, 5) is 16.3.